The third kappa shape index (κ3) is 3.72. The van der Waals surface area contributed by atoms with Gasteiger partial charge in [0.25, 0.3) is 0 Å². The minimum absolute atomic E-state index is 0.0233. The third-order valence-electron chi connectivity index (χ3n) is 3.06. The highest BCUT2D eigenvalue weighted by Gasteiger charge is 2.34. The van der Waals surface area contributed by atoms with Crippen molar-refractivity contribution in [3.8, 4) is 0 Å². The van der Waals surface area contributed by atoms with E-state index in [2.05, 4.69) is 5.32 Å². The summed E-state index contributed by atoms with van der Waals surface area (Å²) in [5.41, 5.74) is 5.43. The Hall–Kier alpha value is -2.08. The van der Waals surface area contributed by atoms with Crippen molar-refractivity contribution < 1.29 is 17.6 Å². The summed E-state index contributed by atoms with van der Waals surface area (Å²) >= 11 is 0. The highest BCUT2D eigenvalue weighted by Crippen LogP contribution is 2.35. The van der Waals surface area contributed by atoms with Crippen molar-refractivity contribution >= 4 is 5.69 Å². The first-order valence-corrected chi connectivity index (χ1v) is 6.30. The second-order valence-electron chi connectivity index (χ2n) is 4.52. The number of halogens is 4. The molecule has 0 fully saturated rings. The molecule has 0 spiro atoms. The summed E-state index contributed by atoms with van der Waals surface area (Å²) in [6.45, 7) is -0.0233. The molecule has 0 radical (unpaired) electrons. The van der Waals surface area contributed by atoms with Crippen LogP contribution in [0.5, 0.6) is 0 Å². The predicted molar refractivity (Wildman–Crippen MR) is 73.3 cm³/mol. The van der Waals surface area contributed by atoms with Crippen LogP contribution in [0.3, 0.4) is 0 Å². The third-order valence-corrected chi connectivity index (χ3v) is 3.06. The zero-order valence-electron chi connectivity index (χ0n) is 11.0. The van der Waals surface area contributed by atoms with Crippen LogP contribution in [0.15, 0.2) is 48.5 Å². The summed E-state index contributed by atoms with van der Waals surface area (Å²) in [6, 6.07) is 9.91. The molecular weight excluding hydrogens is 284 g/mol. The van der Waals surface area contributed by atoms with Gasteiger partial charge >= 0.3 is 6.18 Å². The monoisotopic (exact) mass is 298 g/mol. The van der Waals surface area contributed by atoms with Gasteiger partial charge < -0.3 is 11.1 Å². The van der Waals surface area contributed by atoms with Gasteiger partial charge in [0.15, 0.2) is 0 Å². The molecule has 0 heterocycles. The average molecular weight is 298 g/mol. The molecule has 0 aliphatic heterocycles. The van der Waals surface area contributed by atoms with Crippen LogP contribution < -0.4 is 11.1 Å². The molecule has 0 aromatic heterocycles. The normalized spacial score (nSPS) is 13.0. The summed E-state index contributed by atoms with van der Waals surface area (Å²) in [7, 11) is 0. The van der Waals surface area contributed by atoms with Crippen molar-refractivity contribution in [3.63, 3.8) is 0 Å². The molecule has 21 heavy (non-hydrogen) atoms. The molecule has 2 aromatic rings. The van der Waals surface area contributed by atoms with Crippen LogP contribution in [-0.2, 0) is 6.18 Å². The number of hydrogen-bond donors (Lipinski definition) is 2. The van der Waals surface area contributed by atoms with Crippen molar-refractivity contribution in [3.05, 3.63) is 65.5 Å². The molecule has 0 amide bonds. The first-order chi connectivity index (χ1) is 9.91. The van der Waals surface area contributed by atoms with Gasteiger partial charge in [-0.25, -0.2) is 4.39 Å². The van der Waals surface area contributed by atoms with Crippen LogP contribution in [0.4, 0.5) is 23.2 Å². The van der Waals surface area contributed by atoms with E-state index in [1.54, 1.807) is 0 Å². The van der Waals surface area contributed by atoms with E-state index < -0.39 is 23.6 Å². The Morgan fingerprint density at radius 2 is 1.62 bits per heavy atom. The van der Waals surface area contributed by atoms with E-state index >= 15 is 0 Å². The quantitative estimate of drug-likeness (QED) is 0.839. The molecule has 2 aromatic carbocycles. The SMILES string of the molecule is NCC(Nc1ccc(F)cc1)c1ccccc1C(F)(F)F. The highest BCUT2D eigenvalue weighted by atomic mass is 19.4. The Labute approximate surface area is 119 Å². The Kier molecular flexibility index (Phi) is 4.47. The fourth-order valence-electron chi connectivity index (χ4n) is 2.07. The zero-order valence-corrected chi connectivity index (χ0v) is 11.0. The molecule has 0 saturated heterocycles. The summed E-state index contributed by atoms with van der Waals surface area (Å²) in [6.07, 6.45) is -4.45. The molecule has 0 aliphatic carbocycles. The lowest BCUT2D eigenvalue weighted by Gasteiger charge is -2.22. The standard InChI is InChI=1S/C15H14F4N2/c16-10-5-7-11(8-6-10)21-14(9-20)12-3-1-2-4-13(12)15(17,18)19/h1-8,14,21H,9,20H2. The van der Waals surface area contributed by atoms with Gasteiger partial charge in [0.05, 0.1) is 11.6 Å². The molecule has 6 heteroatoms. The van der Waals surface area contributed by atoms with Crippen molar-refractivity contribution in [1.82, 2.24) is 0 Å². The van der Waals surface area contributed by atoms with E-state index in [-0.39, 0.29) is 12.1 Å². The van der Waals surface area contributed by atoms with E-state index in [9.17, 15) is 17.6 Å². The summed E-state index contributed by atoms with van der Waals surface area (Å²) in [5.74, 6) is -0.416. The Balaban J connectivity index is 2.32. The number of rotatable bonds is 4. The van der Waals surface area contributed by atoms with Crippen LogP contribution >= 0.6 is 0 Å². The predicted octanol–water partition coefficient (Wildman–Crippen LogP) is 3.96. The summed E-state index contributed by atoms with van der Waals surface area (Å²) in [4.78, 5) is 0. The number of alkyl halides is 3. The van der Waals surface area contributed by atoms with Crippen molar-refractivity contribution in [1.29, 1.82) is 0 Å². The van der Waals surface area contributed by atoms with Crippen LogP contribution in [0.1, 0.15) is 17.2 Å². The number of nitrogens with one attached hydrogen (secondary N) is 1. The maximum atomic E-state index is 13.0. The second-order valence-corrected chi connectivity index (χ2v) is 4.52. The molecule has 3 N–H and O–H groups in total. The molecule has 0 saturated carbocycles. The van der Waals surface area contributed by atoms with Gasteiger partial charge in [0.2, 0.25) is 0 Å². The molecule has 1 unspecified atom stereocenters. The van der Waals surface area contributed by atoms with E-state index in [4.69, 9.17) is 5.73 Å². The van der Waals surface area contributed by atoms with E-state index in [1.165, 1.54) is 42.5 Å². The van der Waals surface area contributed by atoms with Crippen LogP contribution in [0.25, 0.3) is 0 Å². The number of nitrogens with two attached hydrogens (primary N) is 1. The van der Waals surface area contributed by atoms with Crippen molar-refractivity contribution in [2.24, 2.45) is 5.73 Å². The largest absolute Gasteiger partial charge is 0.416 e. The molecule has 2 nitrogen and oxygen atoms in total. The molecule has 0 bridgehead atoms. The number of anilines is 1. The fraction of sp³-hybridized carbons (Fsp3) is 0.200. The van der Waals surface area contributed by atoms with Crippen molar-refractivity contribution in [2.75, 3.05) is 11.9 Å². The Morgan fingerprint density at radius 3 is 2.19 bits per heavy atom. The van der Waals surface area contributed by atoms with E-state index in [0.29, 0.717) is 5.69 Å². The van der Waals surface area contributed by atoms with Gasteiger partial charge in [-0.1, -0.05) is 18.2 Å². The Bertz CT molecular complexity index is 593. The van der Waals surface area contributed by atoms with E-state index in [0.717, 1.165) is 6.07 Å². The number of hydrogen-bond acceptors (Lipinski definition) is 2. The van der Waals surface area contributed by atoms with Gasteiger partial charge in [0, 0.05) is 12.2 Å². The molecular formula is C15H14F4N2. The molecule has 112 valence electrons. The highest BCUT2D eigenvalue weighted by molar-refractivity contribution is 5.47. The van der Waals surface area contributed by atoms with Crippen LogP contribution in [0.2, 0.25) is 0 Å². The second kappa shape index (κ2) is 6.13. The van der Waals surface area contributed by atoms with Gasteiger partial charge in [0.1, 0.15) is 5.82 Å². The van der Waals surface area contributed by atoms with Crippen LogP contribution in [0, 0.1) is 5.82 Å². The van der Waals surface area contributed by atoms with Gasteiger partial charge in [-0.3, -0.25) is 0 Å². The summed E-state index contributed by atoms with van der Waals surface area (Å²) < 4.78 is 51.9. The lowest BCUT2D eigenvalue weighted by atomic mass is 9.99. The topological polar surface area (TPSA) is 38.0 Å². The Morgan fingerprint density at radius 1 is 1.00 bits per heavy atom. The average Bonchev–Trinajstić information content (AvgIpc) is 2.46. The first kappa shape index (κ1) is 15.3. The van der Waals surface area contributed by atoms with Gasteiger partial charge in [-0.2, -0.15) is 13.2 Å². The lowest BCUT2D eigenvalue weighted by molar-refractivity contribution is -0.138. The van der Waals surface area contributed by atoms with Gasteiger partial charge in [-0.15, -0.1) is 0 Å². The maximum Gasteiger partial charge on any atom is 0.416 e. The lowest BCUT2D eigenvalue weighted by Crippen LogP contribution is -2.24. The molecule has 1 atom stereocenters. The smallest absolute Gasteiger partial charge is 0.377 e. The maximum absolute atomic E-state index is 13.0. The first-order valence-electron chi connectivity index (χ1n) is 6.30. The minimum Gasteiger partial charge on any atom is -0.377 e. The van der Waals surface area contributed by atoms with Gasteiger partial charge in [-0.05, 0) is 35.9 Å². The fourth-order valence-corrected chi connectivity index (χ4v) is 2.07. The summed E-state index contributed by atoms with van der Waals surface area (Å²) in [5, 5.41) is 2.89. The number of benzene rings is 2. The van der Waals surface area contributed by atoms with Crippen molar-refractivity contribution in [2.45, 2.75) is 12.2 Å². The molecule has 0 aliphatic rings. The van der Waals surface area contributed by atoms with Crippen LogP contribution in [-0.4, -0.2) is 6.54 Å². The van der Waals surface area contributed by atoms with E-state index in [1.807, 2.05) is 0 Å². The minimum atomic E-state index is -4.45. The zero-order chi connectivity index (χ0) is 15.5. The molecule has 2 rings (SSSR count).